The Kier molecular flexibility index (Phi) is 2.86. The van der Waals surface area contributed by atoms with E-state index < -0.39 is 0 Å². The van der Waals surface area contributed by atoms with Crippen molar-refractivity contribution in [3.63, 3.8) is 0 Å². The van der Waals surface area contributed by atoms with Gasteiger partial charge in [-0.3, -0.25) is 4.68 Å². The van der Waals surface area contributed by atoms with Gasteiger partial charge in [-0.1, -0.05) is 19.3 Å². The highest BCUT2D eigenvalue weighted by Gasteiger charge is 2.16. The molecular formula is C13H16N2O2. The first-order chi connectivity index (χ1) is 8.42. The number of rotatable bonds is 3. The average Bonchev–Trinajstić information content (AvgIpc) is 3.02. The third-order valence-corrected chi connectivity index (χ3v) is 3.24. The maximum Gasteiger partial charge on any atom is 0.289 e. The first-order valence-corrected chi connectivity index (χ1v) is 6.17. The molecule has 2 heterocycles. The van der Waals surface area contributed by atoms with E-state index in [-0.39, 0.29) is 0 Å². The molecule has 0 saturated heterocycles. The topological polar surface area (TPSA) is 40.2 Å². The van der Waals surface area contributed by atoms with Crippen molar-refractivity contribution in [2.45, 2.75) is 38.1 Å². The van der Waals surface area contributed by atoms with Crippen LogP contribution in [-0.4, -0.2) is 9.78 Å². The van der Waals surface area contributed by atoms with Gasteiger partial charge in [0, 0.05) is 6.07 Å². The Morgan fingerprint density at radius 2 is 2.18 bits per heavy atom. The standard InChI is InChI=1S/C13H16N2O2/c1-2-5-11(6-3-1)15-10-12(9-14-15)17-13-7-4-8-16-13/h4,7-11H,1-3,5-6H2. The molecule has 0 radical (unpaired) electrons. The molecule has 1 aliphatic carbocycles. The molecule has 0 spiro atoms. The maximum absolute atomic E-state index is 5.54. The van der Waals surface area contributed by atoms with Gasteiger partial charge in [-0.15, -0.1) is 0 Å². The van der Waals surface area contributed by atoms with E-state index in [1.165, 1.54) is 32.1 Å². The van der Waals surface area contributed by atoms with E-state index in [2.05, 4.69) is 5.10 Å². The number of furan rings is 1. The zero-order chi connectivity index (χ0) is 11.5. The highest BCUT2D eigenvalue weighted by molar-refractivity contribution is 5.19. The lowest BCUT2D eigenvalue weighted by Gasteiger charge is -2.21. The van der Waals surface area contributed by atoms with E-state index >= 15 is 0 Å². The van der Waals surface area contributed by atoms with Gasteiger partial charge in [0.25, 0.3) is 5.95 Å². The van der Waals surface area contributed by atoms with Gasteiger partial charge < -0.3 is 9.15 Å². The monoisotopic (exact) mass is 232 g/mol. The van der Waals surface area contributed by atoms with Gasteiger partial charge in [-0.25, -0.2) is 0 Å². The van der Waals surface area contributed by atoms with Gasteiger partial charge in [-0.05, 0) is 18.9 Å². The summed E-state index contributed by atoms with van der Waals surface area (Å²) in [5, 5.41) is 4.37. The first kappa shape index (κ1) is 10.4. The van der Waals surface area contributed by atoms with Gasteiger partial charge in [-0.2, -0.15) is 5.10 Å². The smallest absolute Gasteiger partial charge is 0.289 e. The fourth-order valence-corrected chi connectivity index (χ4v) is 2.36. The molecule has 4 nitrogen and oxygen atoms in total. The van der Waals surface area contributed by atoms with Crippen LogP contribution < -0.4 is 4.74 Å². The highest BCUT2D eigenvalue weighted by atomic mass is 16.6. The summed E-state index contributed by atoms with van der Waals surface area (Å²) in [7, 11) is 0. The molecule has 0 aromatic carbocycles. The van der Waals surface area contributed by atoms with Gasteiger partial charge in [0.05, 0.1) is 24.7 Å². The summed E-state index contributed by atoms with van der Waals surface area (Å²) in [6, 6.07) is 4.14. The summed E-state index contributed by atoms with van der Waals surface area (Å²) in [5.41, 5.74) is 0. The van der Waals surface area contributed by atoms with Gasteiger partial charge in [0.1, 0.15) is 0 Å². The Bertz CT molecular complexity index is 455. The number of ether oxygens (including phenoxy) is 1. The predicted molar refractivity (Wildman–Crippen MR) is 63.1 cm³/mol. The Hall–Kier alpha value is -1.71. The highest BCUT2D eigenvalue weighted by Crippen LogP contribution is 2.29. The molecule has 2 aromatic rings. The number of hydrogen-bond acceptors (Lipinski definition) is 3. The van der Waals surface area contributed by atoms with Crippen molar-refractivity contribution in [1.29, 1.82) is 0 Å². The van der Waals surface area contributed by atoms with Crippen LogP contribution in [-0.2, 0) is 0 Å². The van der Waals surface area contributed by atoms with E-state index in [1.807, 2.05) is 10.9 Å². The Morgan fingerprint density at radius 1 is 1.29 bits per heavy atom. The van der Waals surface area contributed by atoms with Crippen molar-refractivity contribution < 1.29 is 9.15 Å². The van der Waals surface area contributed by atoms with E-state index in [0.717, 1.165) is 5.75 Å². The lowest BCUT2D eigenvalue weighted by Crippen LogP contribution is -2.12. The second-order valence-electron chi connectivity index (χ2n) is 4.48. The third kappa shape index (κ3) is 2.35. The van der Waals surface area contributed by atoms with Crippen LogP contribution >= 0.6 is 0 Å². The van der Waals surface area contributed by atoms with Gasteiger partial charge in [0.15, 0.2) is 5.75 Å². The average molecular weight is 232 g/mol. The van der Waals surface area contributed by atoms with Crippen LogP contribution in [0.1, 0.15) is 38.1 Å². The summed E-state index contributed by atoms with van der Waals surface area (Å²) in [4.78, 5) is 0. The molecule has 0 unspecified atom stereocenters. The molecular weight excluding hydrogens is 216 g/mol. The van der Waals surface area contributed by atoms with E-state index in [4.69, 9.17) is 9.15 Å². The fraction of sp³-hybridized carbons (Fsp3) is 0.462. The molecule has 2 aromatic heterocycles. The summed E-state index contributed by atoms with van der Waals surface area (Å²) in [6.45, 7) is 0. The molecule has 1 fully saturated rings. The quantitative estimate of drug-likeness (QED) is 0.808. The van der Waals surface area contributed by atoms with Crippen LogP contribution in [0.15, 0.2) is 35.2 Å². The van der Waals surface area contributed by atoms with Crippen LogP contribution in [0.25, 0.3) is 0 Å². The molecule has 0 aliphatic heterocycles. The Balaban J connectivity index is 1.69. The van der Waals surface area contributed by atoms with E-state index in [1.54, 1.807) is 24.6 Å². The summed E-state index contributed by atoms with van der Waals surface area (Å²) in [5.74, 6) is 1.25. The van der Waals surface area contributed by atoms with E-state index in [0.29, 0.717) is 12.0 Å². The minimum atomic E-state index is 0.508. The van der Waals surface area contributed by atoms with Gasteiger partial charge in [0.2, 0.25) is 0 Å². The molecule has 3 rings (SSSR count). The largest absolute Gasteiger partial charge is 0.434 e. The molecule has 90 valence electrons. The summed E-state index contributed by atoms with van der Waals surface area (Å²) >= 11 is 0. The molecule has 1 aliphatic rings. The van der Waals surface area contributed by atoms with Crippen LogP contribution in [0.5, 0.6) is 11.7 Å². The number of aromatic nitrogens is 2. The summed E-state index contributed by atoms with van der Waals surface area (Å²) < 4.78 is 12.7. The van der Waals surface area contributed by atoms with Crippen molar-refractivity contribution in [3.8, 4) is 11.7 Å². The predicted octanol–water partition coefficient (Wildman–Crippen LogP) is 3.77. The fourth-order valence-electron chi connectivity index (χ4n) is 2.36. The third-order valence-electron chi connectivity index (χ3n) is 3.24. The SMILES string of the molecule is c1coc(Oc2cnn(C3CCCCC3)c2)c1. The zero-order valence-corrected chi connectivity index (χ0v) is 9.71. The minimum Gasteiger partial charge on any atom is -0.434 e. The molecule has 0 atom stereocenters. The normalized spacial score (nSPS) is 17.2. The molecule has 0 amide bonds. The van der Waals surface area contributed by atoms with Crippen LogP contribution in [0.3, 0.4) is 0 Å². The Labute approximate surface area is 100 Å². The molecule has 17 heavy (non-hydrogen) atoms. The molecule has 0 bridgehead atoms. The number of nitrogens with zero attached hydrogens (tertiary/aromatic N) is 2. The van der Waals surface area contributed by atoms with Crippen molar-refractivity contribution >= 4 is 0 Å². The maximum atomic E-state index is 5.54. The van der Waals surface area contributed by atoms with Crippen molar-refractivity contribution in [2.75, 3.05) is 0 Å². The van der Waals surface area contributed by atoms with Crippen LogP contribution in [0, 0.1) is 0 Å². The van der Waals surface area contributed by atoms with Gasteiger partial charge >= 0.3 is 0 Å². The lowest BCUT2D eigenvalue weighted by molar-refractivity contribution is 0.324. The second-order valence-corrected chi connectivity index (χ2v) is 4.48. The van der Waals surface area contributed by atoms with Crippen molar-refractivity contribution in [1.82, 2.24) is 9.78 Å². The van der Waals surface area contributed by atoms with Crippen molar-refractivity contribution in [2.24, 2.45) is 0 Å². The second kappa shape index (κ2) is 4.65. The molecule has 0 N–H and O–H groups in total. The summed E-state index contributed by atoms with van der Waals surface area (Å²) in [6.07, 6.45) is 11.7. The van der Waals surface area contributed by atoms with E-state index in [9.17, 15) is 0 Å². The Morgan fingerprint density at radius 3 is 2.94 bits per heavy atom. The van der Waals surface area contributed by atoms with Crippen LogP contribution in [0.2, 0.25) is 0 Å². The lowest BCUT2D eigenvalue weighted by atomic mass is 9.96. The minimum absolute atomic E-state index is 0.508. The van der Waals surface area contributed by atoms with Crippen LogP contribution in [0.4, 0.5) is 0 Å². The molecule has 4 heteroatoms. The molecule has 1 saturated carbocycles. The van der Waals surface area contributed by atoms with Crippen molar-refractivity contribution in [3.05, 3.63) is 30.8 Å². The number of hydrogen-bond donors (Lipinski definition) is 0. The zero-order valence-electron chi connectivity index (χ0n) is 9.71. The first-order valence-electron chi connectivity index (χ1n) is 6.17.